The lowest BCUT2D eigenvalue weighted by atomic mass is 10.2. The summed E-state index contributed by atoms with van der Waals surface area (Å²) in [6, 6.07) is 13.4. The number of aromatic amines is 1. The molecule has 4 aromatic rings. The van der Waals surface area contributed by atoms with Crippen molar-refractivity contribution < 1.29 is 4.42 Å². The summed E-state index contributed by atoms with van der Waals surface area (Å²) in [6.07, 6.45) is 1.60. The van der Waals surface area contributed by atoms with Crippen LogP contribution in [0.3, 0.4) is 0 Å². The van der Waals surface area contributed by atoms with Gasteiger partial charge in [0.05, 0.1) is 19.4 Å². The highest BCUT2D eigenvalue weighted by atomic mass is 16.3. The third kappa shape index (κ3) is 2.81. The molecule has 132 valence electrons. The van der Waals surface area contributed by atoms with Crippen LogP contribution in [0.1, 0.15) is 11.3 Å². The molecule has 26 heavy (non-hydrogen) atoms. The maximum Gasteiger partial charge on any atom is 0.329 e. The van der Waals surface area contributed by atoms with Crippen LogP contribution in [-0.2, 0) is 20.1 Å². The van der Waals surface area contributed by atoms with Crippen molar-refractivity contribution in [3.63, 3.8) is 0 Å². The summed E-state index contributed by atoms with van der Waals surface area (Å²) in [7, 11) is 1.58. The molecule has 8 heteroatoms. The van der Waals surface area contributed by atoms with Crippen LogP contribution in [0.4, 0.5) is 5.95 Å². The minimum absolute atomic E-state index is 0.330. The lowest BCUT2D eigenvalue weighted by molar-refractivity contribution is 0.517. The first kappa shape index (κ1) is 15.9. The molecule has 0 spiro atoms. The number of hydrogen-bond donors (Lipinski definition) is 2. The monoisotopic (exact) mass is 351 g/mol. The Hall–Kier alpha value is -3.55. The van der Waals surface area contributed by atoms with Gasteiger partial charge in [-0.2, -0.15) is 4.98 Å². The number of anilines is 1. The zero-order valence-electron chi connectivity index (χ0n) is 14.1. The molecule has 0 saturated carbocycles. The van der Waals surface area contributed by atoms with E-state index in [9.17, 15) is 9.59 Å². The largest absolute Gasteiger partial charge is 0.467 e. The van der Waals surface area contributed by atoms with Gasteiger partial charge in [0, 0.05) is 7.05 Å². The number of fused-ring (bicyclic) bond motifs is 1. The zero-order valence-corrected chi connectivity index (χ0v) is 14.1. The molecule has 0 bridgehead atoms. The molecule has 3 aromatic heterocycles. The van der Waals surface area contributed by atoms with E-state index in [1.165, 1.54) is 4.57 Å². The van der Waals surface area contributed by atoms with Gasteiger partial charge in [-0.15, -0.1) is 0 Å². The van der Waals surface area contributed by atoms with Crippen LogP contribution < -0.4 is 16.6 Å². The average molecular weight is 351 g/mol. The number of rotatable bonds is 5. The Bertz CT molecular complexity index is 1150. The molecule has 8 nitrogen and oxygen atoms in total. The Labute approximate surface area is 147 Å². The predicted octanol–water partition coefficient (Wildman–Crippen LogP) is 1.68. The Morgan fingerprint density at radius 3 is 2.69 bits per heavy atom. The highest BCUT2D eigenvalue weighted by Crippen LogP contribution is 2.18. The minimum atomic E-state index is -0.496. The van der Waals surface area contributed by atoms with Crippen molar-refractivity contribution in [3.8, 4) is 0 Å². The molecule has 0 radical (unpaired) electrons. The number of furan rings is 1. The van der Waals surface area contributed by atoms with E-state index >= 15 is 0 Å². The van der Waals surface area contributed by atoms with Crippen LogP contribution in [0.2, 0.25) is 0 Å². The van der Waals surface area contributed by atoms with Crippen molar-refractivity contribution in [1.29, 1.82) is 0 Å². The van der Waals surface area contributed by atoms with Crippen LogP contribution in [0.25, 0.3) is 11.2 Å². The summed E-state index contributed by atoms with van der Waals surface area (Å²) in [5, 5.41) is 3.19. The van der Waals surface area contributed by atoms with Crippen LogP contribution in [0, 0.1) is 0 Å². The van der Waals surface area contributed by atoms with E-state index in [2.05, 4.69) is 15.3 Å². The van der Waals surface area contributed by atoms with Crippen LogP contribution in [0.15, 0.2) is 62.7 Å². The quantitative estimate of drug-likeness (QED) is 0.570. The first-order valence-corrected chi connectivity index (χ1v) is 8.13. The third-order valence-corrected chi connectivity index (χ3v) is 4.19. The molecule has 0 saturated heterocycles. The number of benzene rings is 1. The standard InChI is InChI=1S/C18H17N5O3/c1-22-15-14(16(24)21-18(22)25)23(11-12-6-3-2-4-7-12)17(20-15)19-10-13-8-5-9-26-13/h2-9H,10-11H2,1H3,(H,19,20)(H,21,24,25). The molecule has 0 atom stereocenters. The first-order chi connectivity index (χ1) is 12.6. The Morgan fingerprint density at radius 1 is 1.15 bits per heavy atom. The fourth-order valence-corrected chi connectivity index (χ4v) is 2.87. The number of nitrogens with one attached hydrogen (secondary N) is 2. The molecular formula is C18H17N5O3. The highest BCUT2D eigenvalue weighted by Gasteiger charge is 2.17. The lowest BCUT2D eigenvalue weighted by Crippen LogP contribution is -2.29. The highest BCUT2D eigenvalue weighted by molar-refractivity contribution is 5.74. The van der Waals surface area contributed by atoms with E-state index < -0.39 is 11.2 Å². The second-order valence-electron chi connectivity index (χ2n) is 5.93. The summed E-state index contributed by atoms with van der Waals surface area (Å²) in [5.74, 6) is 1.23. The number of aryl methyl sites for hydroxylation is 1. The summed E-state index contributed by atoms with van der Waals surface area (Å²) in [5.41, 5.74) is 0.734. The van der Waals surface area contributed by atoms with Gasteiger partial charge in [-0.05, 0) is 17.7 Å². The van der Waals surface area contributed by atoms with Gasteiger partial charge in [0.2, 0.25) is 5.95 Å². The van der Waals surface area contributed by atoms with E-state index in [4.69, 9.17) is 4.42 Å². The van der Waals surface area contributed by atoms with E-state index in [0.717, 1.165) is 11.3 Å². The predicted molar refractivity (Wildman–Crippen MR) is 97.2 cm³/mol. The maximum atomic E-state index is 12.4. The molecule has 0 aliphatic rings. The van der Waals surface area contributed by atoms with Crippen LogP contribution in [-0.4, -0.2) is 19.1 Å². The van der Waals surface area contributed by atoms with Gasteiger partial charge in [0.15, 0.2) is 11.2 Å². The first-order valence-electron chi connectivity index (χ1n) is 8.13. The van der Waals surface area contributed by atoms with Gasteiger partial charge < -0.3 is 9.73 Å². The number of imidazole rings is 1. The molecule has 0 aliphatic heterocycles. The molecule has 0 amide bonds. The number of hydrogen-bond acceptors (Lipinski definition) is 5. The Balaban J connectivity index is 1.84. The van der Waals surface area contributed by atoms with Crippen molar-refractivity contribution in [2.24, 2.45) is 7.05 Å². The van der Waals surface area contributed by atoms with Crippen molar-refractivity contribution in [2.45, 2.75) is 13.1 Å². The molecular weight excluding hydrogens is 334 g/mol. The maximum absolute atomic E-state index is 12.4. The lowest BCUT2D eigenvalue weighted by Gasteiger charge is -2.10. The van der Waals surface area contributed by atoms with Gasteiger partial charge in [-0.1, -0.05) is 30.3 Å². The number of nitrogens with zero attached hydrogens (tertiary/aromatic N) is 3. The van der Waals surface area contributed by atoms with Gasteiger partial charge in [-0.3, -0.25) is 18.9 Å². The van der Waals surface area contributed by atoms with Crippen molar-refractivity contribution >= 4 is 17.1 Å². The smallest absolute Gasteiger partial charge is 0.329 e. The molecule has 4 rings (SSSR count). The van der Waals surface area contributed by atoms with Crippen molar-refractivity contribution in [1.82, 2.24) is 19.1 Å². The average Bonchev–Trinajstić information content (AvgIpc) is 3.27. The SMILES string of the molecule is Cn1c(=O)[nH]c(=O)c2c1nc(NCc1ccco1)n2Cc1ccccc1. The Kier molecular flexibility index (Phi) is 3.92. The summed E-state index contributed by atoms with van der Waals surface area (Å²) in [4.78, 5) is 31.2. The molecule has 1 aromatic carbocycles. The van der Waals surface area contributed by atoms with E-state index in [-0.39, 0.29) is 0 Å². The second-order valence-corrected chi connectivity index (χ2v) is 5.93. The van der Waals surface area contributed by atoms with Crippen molar-refractivity contribution in [2.75, 3.05) is 5.32 Å². The third-order valence-electron chi connectivity index (χ3n) is 4.19. The molecule has 0 fully saturated rings. The molecule has 0 unspecified atom stereocenters. The fraction of sp³-hybridized carbons (Fsp3) is 0.167. The zero-order chi connectivity index (χ0) is 18.1. The van der Waals surface area contributed by atoms with E-state index in [0.29, 0.717) is 30.2 Å². The topological polar surface area (TPSA) is 97.8 Å². The van der Waals surface area contributed by atoms with Gasteiger partial charge in [0.25, 0.3) is 5.56 Å². The summed E-state index contributed by atoms with van der Waals surface area (Å²) < 4.78 is 8.43. The minimum Gasteiger partial charge on any atom is -0.467 e. The number of H-pyrrole nitrogens is 1. The Morgan fingerprint density at radius 2 is 1.96 bits per heavy atom. The van der Waals surface area contributed by atoms with Gasteiger partial charge >= 0.3 is 5.69 Å². The van der Waals surface area contributed by atoms with E-state index in [1.54, 1.807) is 23.9 Å². The summed E-state index contributed by atoms with van der Waals surface area (Å²) in [6.45, 7) is 0.857. The normalized spacial score (nSPS) is 11.1. The van der Waals surface area contributed by atoms with E-state index in [1.807, 2.05) is 36.4 Å². The fourth-order valence-electron chi connectivity index (χ4n) is 2.87. The van der Waals surface area contributed by atoms with Crippen LogP contribution >= 0.6 is 0 Å². The summed E-state index contributed by atoms with van der Waals surface area (Å²) >= 11 is 0. The molecule has 2 N–H and O–H groups in total. The van der Waals surface area contributed by atoms with Crippen molar-refractivity contribution in [3.05, 3.63) is 80.9 Å². The van der Waals surface area contributed by atoms with Gasteiger partial charge in [0.1, 0.15) is 5.76 Å². The molecule has 3 heterocycles. The second kappa shape index (κ2) is 6.40. The van der Waals surface area contributed by atoms with Gasteiger partial charge in [-0.25, -0.2) is 4.79 Å². The van der Waals surface area contributed by atoms with Crippen LogP contribution in [0.5, 0.6) is 0 Å². The molecule has 0 aliphatic carbocycles. The number of aromatic nitrogens is 4.